The highest BCUT2D eigenvalue weighted by Gasteiger charge is 2.53. The fourth-order valence-corrected chi connectivity index (χ4v) is 3.32. The first-order valence-electron chi connectivity index (χ1n) is 7.49. The number of hydrogen-bond donors (Lipinski definition) is 2. The number of ether oxygens (including phenoxy) is 1. The van der Waals surface area contributed by atoms with Crippen LogP contribution in [0, 0.1) is 18.8 Å². The van der Waals surface area contributed by atoms with E-state index in [9.17, 15) is 14.7 Å². The highest BCUT2D eigenvalue weighted by Crippen LogP contribution is 2.40. The number of para-hydroxylation sites is 1. The third kappa shape index (κ3) is 2.31. The van der Waals surface area contributed by atoms with E-state index in [4.69, 9.17) is 4.74 Å². The Kier molecular flexibility index (Phi) is 3.74. The number of aryl methyl sites for hydroxylation is 2. The minimum Gasteiger partial charge on any atom is -0.481 e. The zero-order valence-corrected chi connectivity index (χ0v) is 12.6. The second-order valence-electron chi connectivity index (χ2n) is 5.79. The SMILES string of the molecule is CCc1cccc(C)c1NC(=O)[C@H]1[C@H](C(=O)O)[C@H]2C=C[C@H]1O2. The van der Waals surface area contributed by atoms with E-state index in [1.807, 2.05) is 32.0 Å². The summed E-state index contributed by atoms with van der Waals surface area (Å²) in [6, 6.07) is 5.85. The van der Waals surface area contributed by atoms with Crippen molar-refractivity contribution in [2.24, 2.45) is 11.8 Å². The predicted molar refractivity (Wildman–Crippen MR) is 81.6 cm³/mol. The van der Waals surface area contributed by atoms with Gasteiger partial charge >= 0.3 is 5.97 Å². The molecule has 22 heavy (non-hydrogen) atoms. The standard InChI is InChI=1S/C17H19NO4/c1-3-10-6-4-5-9(2)15(10)18-16(19)13-11-7-8-12(22-11)14(13)17(20)21/h4-8,11-14H,3H2,1-2H3,(H,18,19)(H,20,21)/t11-,12-,13-,14-/m1/s1. The minimum absolute atomic E-state index is 0.284. The lowest BCUT2D eigenvalue weighted by molar-refractivity contribution is -0.145. The Balaban J connectivity index is 1.86. The highest BCUT2D eigenvalue weighted by molar-refractivity contribution is 5.97. The number of benzene rings is 1. The molecule has 1 aromatic carbocycles. The van der Waals surface area contributed by atoms with E-state index in [1.165, 1.54) is 0 Å². The molecule has 2 aliphatic rings. The largest absolute Gasteiger partial charge is 0.481 e. The van der Waals surface area contributed by atoms with Gasteiger partial charge in [0.1, 0.15) is 5.92 Å². The van der Waals surface area contributed by atoms with Gasteiger partial charge in [-0.1, -0.05) is 37.3 Å². The smallest absolute Gasteiger partial charge is 0.310 e. The van der Waals surface area contributed by atoms with Gasteiger partial charge in [0.15, 0.2) is 0 Å². The van der Waals surface area contributed by atoms with E-state index in [2.05, 4.69) is 5.32 Å². The molecule has 3 rings (SSSR count). The van der Waals surface area contributed by atoms with Crippen molar-refractivity contribution in [3.63, 3.8) is 0 Å². The lowest BCUT2D eigenvalue weighted by atomic mass is 9.82. The summed E-state index contributed by atoms with van der Waals surface area (Å²) in [5.74, 6) is -2.77. The topological polar surface area (TPSA) is 75.6 Å². The summed E-state index contributed by atoms with van der Waals surface area (Å²) in [6.45, 7) is 3.95. The zero-order chi connectivity index (χ0) is 15.9. The van der Waals surface area contributed by atoms with Crippen LogP contribution in [0.15, 0.2) is 30.4 Å². The third-order valence-electron chi connectivity index (χ3n) is 4.48. The van der Waals surface area contributed by atoms with Crippen molar-refractivity contribution in [3.05, 3.63) is 41.5 Å². The molecule has 0 saturated carbocycles. The van der Waals surface area contributed by atoms with Crippen molar-refractivity contribution >= 4 is 17.6 Å². The van der Waals surface area contributed by atoms with Crippen LogP contribution in [0.4, 0.5) is 5.69 Å². The van der Waals surface area contributed by atoms with E-state index in [-0.39, 0.29) is 5.91 Å². The van der Waals surface area contributed by atoms with Gasteiger partial charge in [-0.05, 0) is 24.5 Å². The monoisotopic (exact) mass is 301 g/mol. The van der Waals surface area contributed by atoms with Crippen LogP contribution < -0.4 is 5.32 Å². The molecule has 1 fully saturated rings. The number of hydrogen-bond acceptors (Lipinski definition) is 3. The molecular weight excluding hydrogens is 282 g/mol. The molecule has 5 nitrogen and oxygen atoms in total. The molecule has 0 aliphatic carbocycles. The number of amides is 1. The number of carbonyl (C=O) groups is 2. The average molecular weight is 301 g/mol. The molecule has 0 unspecified atom stereocenters. The van der Waals surface area contributed by atoms with Gasteiger partial charge in [0.2, 0.25) is 5.91 Å². The second-order valence-corrected chi connectivity index (χ2v) is 5.79. The van der Waals surface area contributed by atoms with E-state index < -0.39 is 30.0 Å². The first kappa shape index (κ1) is 14.8. The van der Waals surface area contributed by atoms with Gasteiger partial charge in [0.05, 0.1) is 18.1 Å². The summed E-state index contributed by atoms with van der Waals surface area (Å²) < 4.78 is 5.55. The number of nitrogens with one attached hydrogen (secondary N) is 1. The van der Waals surface area contributed by atoms with Crippen LogP contribution in [0.25, 0.3) is 0 Å². The van der Waals surface area contributed by atoms with Crippen LogP contribution in [-0.2, 0) is 20.7 Å². The number of carboxylic acids is 1. The minimum atomic E-state index is -0.988. The Labute approximate surface area is 129 Å². The molecule has 2 heterocycles. The van der Waals surface area contributed by atoms with Gasteiger partial charge in [-0.25, -0.2) is 0 Å². The summed E-state index contributed by atoms with van der Waals surface area (Å²) in [6.07, 6.45) is 3.37. The van der Waals surface area contributed by atoms with E-state index in [0.717, 1.165) is 23.2 Å². The van der Waals surface area contributed by atoms with Crippen LogP contribution in [0.2, 0.25) is 0 Å². The Morgan fingerprint density at radius 1 is 1.23 bits per heavy atom. The molecule has 5 heteroatoms. The molecule has 4 atom stereocenters. The molecule has 1 saturated heterocycles. The fourth-order valence-electron chi connectivity index (χ4n) is 3.32. The third-order valence-corrected chi connectivity index (χ3v) is 4.48. The van der Waals surface area contributed by atoms with E-state index >= 15 is 0 Å². The first-order chi connectivity index (χ1) is 10.5. The number of carbonyl (C=O) groups excluding carboxylic acids is 1. The summed E-state index contributed by atoms with van der Waals surface area (Å²) in [5.41, 5.74) is 2.80. The summed E-state index contributed by atoms with van der Waals surface area (Å²) in [7, 11) is 0. The number of aliphatic carboxylic acids is 1. The van der Waals surface area contributed by atoms with Gasteiger partial charge in [-0.3, -0.25) is 9.59 Å². The Morgan fingerprint density at radius 2 is 1.91 bits per heavy atom. The maximum absolute atomic E-state index is 12.7. The zero-order valence-electron chi connectivity index (χ0n) is 12.6. The van der Waals surface area contributed by atoms with Crippen LogP contribution in [0.1, 0.15) is 18.1 Å². The van der Waals surface area contributed by atoms with Crippen molar-refractivity contribution < 1.29 is 19.4 Å². The van der Waals surface area contributed by atoms with Crippen molar-refractivity contribution in [2.45, 2.75) is 32.5 Å². The second kappa shape index (κ2) is 5.57. The fraction of sp³-hybridized carbons (Fsp3) is 0.412. The maximum atomic E-state index is 12.7. The lowest BCUT2D eigenvalue weighted by Gasteiger charge is -2.22. The highest BCUT2D eigenvalue weighted by atomic mass is 16.5. The Morgan fingerprint density at radius 3 is 2.55 bits per heavy atom. The Bertz CT molecular complexity index is 652. The first-order valence-corrected chi connectivity index (χ1v) is 7.49. The Hall–Kier alpha value is -2.14. The summed E-state index contributed by atoms with van der Waals surface area (Å²) >= 11 is 0. The predicted octanol–water partition coefficient (Wildman–Crippen LogP) is 2.15. The van der Waals surface area contributed by atoms with Gasteiger partial charge in [0, 0.05) is 5.69 Å². The molecule has 1 amide bonds. The number of anilines is 1. The molecule has 2 N–H and O–H groups in total. The summed E-state index contributed by atoms with van der Waals surface area (Å²) in [5, 5.41) is 12.3. The number of rotatable bonds is 4. The molecule has 2 aliphatic heterocycles. The molecule has 0 spiro atoms. The molecule has 0 radical (unpaired) electrons. The lowest BCUT2D eigenvalue weighted by Crippen LogP contribution is -2.39. The van der Waals surface area contributed by atoms with Gasteiger partial charge < -0.3 is 15.2 Å². The summed E-state index contributed by atoms with van der Waals surface area (Å²) in [4.78, 5) is 24.1. The van der Waals surface area contributed by atoms with Crippen molar-refractivity contribution in [1.29, 1.82) is 0 Å². The van der Waals surface area contributed by atoms with Crippen LogP contribution in [0.3, 0.4) is 0 Å². The van der Waals surface area contributed by atoms with Crippen molar-refractivity contribution in [2.75, 3.05) is 5.32 Å². The van der Waals surface area contributed by atoms with E-state index in [0.29, 0.717) is 0 Å². The van der Waals surface area contributed by atoms with Crippen LogP contribution in [0.5, 0.6) is 0 Å². The molecular formula is C17H19NO4. The number of fused-ring (bicyclic) bond motifs is 2. The van der Waals surface area contributed by atoms with Gasteiger partial charge in [-0.15, -0.1) is 0 Å². The van der Waals surface area contributed by atoms with Crippen LogP contribution in [-0.4, -0.2) is 29.2 Å². The molecule has 116 valence electrons. The quantitative estimate of drug-likeness (QED) is 0.836. The van der Waals surface area contributed by atoms with Crippen LogP contribution >= 0.6 is 0 Å². The molecule has 0 aromatic heterocycles. The van der Waals surface area contributed by atoms with E-state index in [1.54, 1.807) is 12.2 Å². The average Bonchev–Trinajstić information content (AvgIpc) is 3.09. The normalized spacial score (nSPS) is 28.8. The van der Waals surface area contributed by atoms with Gasteiger partial charge in [0.25, 0.3) is 0 Å². The number of carboxylic acid groups (broad SMARTS) is 1. The molecule has 2 bridgehead atoms. The molecule has 1 aromatic rings. The van der Waals surface area contributed by atoms with Gasteiger partial charge in [-0.2, -0.15) is 0 Å². The van der Waals surface area contributed by atoms with Crippen molar-refractivity contribution in [1.82, 2.24) is 0 Å². The maximum Gasteiger partial charge on any atom is 0.310 e. The van der Waals surface area contributed by atoms with Crippen molar-refractivity contribution in [3.8, 4) is 0 Å².